The third-order valence-corrected chi connectivity index (χ3v) is 7.36. The molecule has 10 heteroatoms. The van der Waals surface area contributed by atoms with E-state index in [9.17, 15) is 23.3 Å². The lowest BCUT2D eigenvalue weighted by atomic mass is 10.2. The largest absolute Gasteiger partial charge is 0.346 e. The highest BCUT2D eigenvalue weighted by Gasteiger charge is 2.31. The average molecular weight is 435 g/mol. The molecule has 162 valence electrons. The van der Waals surface area contributed by atoms with Gasteiger partial charge in [0, 0.05) is 55.7 Å². The summed E-state index contributed by atoms with van der Waals surface area (Å²) in [4.78, 5) is 24.9. The number of hydrogen-bond acceptors (Lipinski definition) is 5. The number of sulfonamides is 1. The SMILES string of the molecule is Cc1cc(C(=O)N2CCN(S(=O)(=O)c3ccc([N+](=O)[O-])cc3)CC2)c(C)n1C(C)C. The number of nitrogens with zero attached hydrogens (tertiary/aromatic N) is 4. The molecule has 0 N–H and O–H groups in total. The molecule has 0 unspecified atom stereocenters. The first-order valence-corrected chi connectivity index (χ1v) is 11.2. The molecule has 0 radical (unpaired) electrons. The number of aromatic nitrogens is 1. The molecule has 1 aliphatic heterocycles. The molecule has 1 aromatic heterocycles. The number of rotatable bonds is 5. The minimum atomic E-state index is -3.77. The Morgan fingerprint density at radius 2 is 1.63 bits per heavy atom. The van der Waals surface area contributed by atoms with Crippen molar-refractivity contribution in [2.75, 3.05) is 26.2 Å². The van der Waals surface area contributed by atoms with Crippen molar-refractivity contribution in [3.05, 3.63) is 57.4 Å². The van der Waals surface area contributed by atoms with Crippen molar-refractivity contribution in [1.29, 1.82) is 0 Å². The number of piperazine rings is 1. The fourth-order valence-electron chi connectivity index (χ4n) is 3.98. The van der Waals surface area contributed by atoms with E-state index in [0.29, 0.717) is 5.56 Å². The van der Waals surface area contributed by atoms with E-state index in [1.807, 2.05) is 19.9 Å². The van der Waals surface area contributed by atoms with Gasteiger partial charge in [-0.25, -0.2) is 8.42 Å². The van der Waals surface area contributed by atoms with Crippen LogP contribution >= 0.6 is 0 Å². The van der Waals surface area contributed by atoms with Crippen molar-refractivity contribution in [1.82, 2.24) is 13.8 Å². The molecule has 0 bridgehead atoms. The van der Waals surface area contributed by atoms with Gasteiger partial charge >= 0.3 is 0 Å². The number of benzene rings is 1. The minimum absolute atomic E-state index is 0.00774. The molecule has 30 heavy (non-hydrogen) atoms. The van der Waals surface area contributed by atoms with E-state index < -0.39 is 14.9 Å². The van der Waals surface area contributed by atoms with Gasteiger partial charge in [-0.1, -0.05) is 0 Å². The number of nitro groups is 1. The zero-order valence-corrected chi connectivity index (χ0v) is 18.3. The molecule has 2 heterocycles. The minimum Gasteiger partial charge on any atom is -0.346 e. The van der Waals surface area contributed by atoms with Crippen molar-refractivity contribution in [2.45, 2.75) is 38.6 Å². The number of non-ortho nitro benzene ring substituents is 1. The number of amides is 1. The molecule has 1 aliphatic rings. The molecule has 1 saturated heterocycles. The molecule has 0 spiro atoms. The van der Waals surface area contributed by atoms with E-state index in [-0.39, 0.29) is 48.7 Å². The predicted molar refractivity (Wildman–Crippen MR) is 112 cm³/mol. The van der Waals surface area contributed by atoms with Gasteiger partial charge in [0.15, 0.2) is 0 Å². The van der Waals surface area contributed by atoms with Crippen molar-refractivity contribution < 1.29 is 18.1 Å². The topological polar surface area (TPSA) is 106 Å². The molecular weight excluding hydrogens is 408 g/mol. The highest BCUT2D eigenvalue weighted by Crippen LogP contribution is 2.24. The smallest absolute Gasteiger partial charge is 0.269 e. The van der Waals surface area contributed by atoms with Crippen molar-refractivity contribution in [3.63, 3.8) is 0 Å². The van der Waals surface area contributed by atoms with Crippen molar-refractivity contribution >= 4 is 21.6 Å². The molecule has 0 saturated carbocycles. The Morgan fingerprint density at radius 1 is 1.07 bits per heavy atom. The second-order valence-electron chi connectivity index (χ2n) is 7.70. The second kappa shape index (κ2) is 8.19. The summed E-state index contributed by atoms with van der Waals surface area (Å²) in [5.74, 6) is -0.0950. The van der Waals surface area contributed by atoms with E-state index >= 15 is 0 Å². The van der Waals surface area contributed by atoms with Gasteiger partial charge in [0.2, 0.25) is 10.0 Å². The second-order valence-corrected chi connectivity index (χ2v) is 9.63. The van der Waals surface area contributed by atoms with Crippen LogP contribution in [0, 0.1) is 24.0 Å². The molecule has 1 fully saturated rings. The summed E-state index contributed by atoms with van der Waals surface area (Å²) < 4.78 is 29.1. The van der Waals surface area contributed by atoms with Gasteiger partial charge in [-0.2, -0.15) is 4.31 Å². The van der Waals surface area contributed by atoms with Crippen LogP contribution < -0.4 is 0 Å². The van der Waals surface area contributed by atoms with Gasteiger partial charge in [0.05, 0.1) is 15.4 Å². The van der Waals surface area contributed by atoms with Crippen LogP contribution in [0.3, 0.4) is 0 Å². The standard InChI is InChI=1S/C20H26N4O5S/c1-14(2)23-15(3)13-19(16(23)4)20(25)21-9-11-22(12-10-21)30(28,29)18-7-5-17(6-8-18)24(26)27/h5-8,13-14H,9-12H2,1-4H3. The molecule has 0 aliphatic carbocycles. The summed E-state index contributed by atoms with van der Waals surface area (Å²) in [6.45, 7) is 8.95. The number of carbonyl (C=O) groups excluding carboxylic acids is 1. The monoisotopic (exact) mass is 434 g/mol. The van der Waals surface area contributed by atoms with Crippen LogP contribution in [-0.2, 0) is 10.0 Å². The van der Waals surface area contributed by atoms with Crippen LogP contribution in [-0.4, -0.2) is 59.2 Å². The Balaban J connectivity index is 1.72. The molecule has 2 aromatic rings. The van der Waals surface area contributed by atoms with Crippen LogP contribution in [0.4, 0.5) is 5.69 Å². The van der Waals surface area contributed by atoms with Gasteiger partial charge in [0.25, 0.3) is 11.6 Å². The summed E-state index contributed by atoms with van der Waals surface area (Å²) in [7, 11) is -3.77. The zero-order chi connectivity index (χ0) is 22.2. The maximum absolute atomic E-state index is 13.0. The van der Waals surface area contributed by atoms with Crippen LogP contribution in [0.1, 0.15) is 41.6 Å². The Hall–Kier alpha value is -2.72. The Kier molecular flexibility index (Phi) is 6.00. The normalized spacial score (nSPS) is 15.6. The lowest BCUT2D eigenvalue weighted by molar-refractivity contribution is -0.384. The third-order valence-electron chi connectivity index (χ3n) is 5.44. The van der Waals surface area contributed by atoms with Crippen LogP contribution in [0.2, 0.25) is 0 Å². The lowest BCUT2D eigenvalue weighted by Gasteiger charge is -2.34. The van der Waals surface area contributed by atoms with Crippen molar-refractivity contribution in [3.8, 4) is 0 Å². The first-order valence-electron chi connectivity index (χ1n) is 9.76. The van der Waals surface area contributed by atoms with E-state index in [1.54, 1.807) is 4.90 Å². The summed E-state index contributed by atoms with van der Waals surface area (Å²) in [5, 5.41) is 10.8. The number of aryl methyl sites for hydroxylation is 1. The maximum Gasteiger partial charge on any atom is 0.269 e. The van der Waals surface area contributed by atoms with Gasteiger partial charge in [-0.15, -0.1) is 0 Å². The molecule has 9 nitrogen and oxygen atoms in total. The number of carbonyl (C=O) groups is 1. The van der Waals surface area contributed by atoms with Gasteiger partial charge in [0.1, 0.15) is 0 Å². The fraction of sp³-hybridized carbons (Fsp3) is 0.450. The maximum atomic E-state index is 13.0. The predicted octanol–water partition coefficient (Wildman–Crippen LogP) is 2.74. The van der Waals surface area contributed by atoms with Crippen LogP contribution in [0.15, 0.2) is 35.2 Å². The molecule has 0 atom stereocenters. The zero-order valence-electron chi connectivity index (χ0n) is 17.5. The molecule has 1 amide bonds. The molecule has 3 rings (SSSR count). The quantitative estimate of drug-likeness (QED) is 0.531. The summed E-state index contributed by atoms with van der Waals surface area (Å²) in [6.07, 6.45) is 0. The molecular formula is C20H26N4O5S. The Bertz CT molecular complexity index is 1070. The average Bonchev–Trinajstić information content (AvgIpc) is 3.01. The summed E-state index contributed by atoms with van der Waals surface area (Å²) in [5.41, 5.74) is 2.41. The lowest BCUT2D eigenvalue weighted by Crippen LogP contribution is -2.50. The fourth-order valence-corrected chi connectivity index (χ4v) is 5.40. The Labute approximate surface area is 176 Å². The van der Waals surface area contributed by atoms with Crippen LogP contribution in [0.25, 0.3) is 0 Å². The first kappa shape index (κ1) is 22.0. The summed E-state index contributed by atoms with van der Waals surface area (Å²) in [6, 6.07) is 6.97. The van der Waals surface area contributed by atoms with E-state index in [4.69, 9.17) is 0 Å². The first-order chi connectivity index (χ1) is 14.0. The van der Waals surface area contributed by atoms with E-state index in [1.165, 1.54) is 28.6 Å². The van der Waals surface area contributed by atoms with Crippen LogP contribution in [0.5, 0.6) is 0 Å². The Morgan fingerprint density at radius 3 is 2.10 bits per heavy atom. The molecule has 1 aromatic carbocycles. The van der Waals surface area contributed by atoms with Gasteiger partial charge in [-0.05, 0) is 45.9 Å². The van der Waals surface area contributed by atoms with Gasteiger partial charge in [-0.3, -0.25) is 14.9 Å². The highest BCUT2D eigenvalue weighted by atomic mass is 32.2. The number of hydrogen-bond donors (Lipinski definition) is 0. The third kappa shape index (κ3) is 3.97. The highest BCUT2D eigenvalue weighted by molar-refractivity contribution is 7.89. The van der Waals surface area contributed by atoms with Crippen molar-refractivity contribution in [2.24, 2.45) is 0 Å². The van der Waals surface area contributed by atoms with E-state index in [2.05, 4.69) is 18.4 Å². The van der Waals surface area contributed by atoms with Gasteiger partial charge < -0.3 is 9.47 Å². The number of nitro benzene ring substituents is 1. The van der Waals surface area contributed by atoms with E-state index in [0.717, 1.165) is 11.4 Å². The summed E-state index contributed by atoms with van der Waals surface area (Å²) >= 11 is 0.